The number of methoxy groups -OCH3 is 1. The molecule has 0 aromatic heterocycles. The zero-order valence-electron chi connectivity index (χ0n) is 15.2. The van der Waals surface area contributed by atoms with E-state index in [0.29, 0.717) is 12.0 Å². The second-order valence-electron chi connectivity index (χ2n) is 8.04. The van der Waals surface area contributed by atoms with E-state index in [4.69, 9.17) is 4.74 Å². The quantitative estimate of drug-likeness (QED) is 0.886. The van der Waals surface area contributed by atoms with Crippen molar-refractivity contribution in [2.45, 2.75) is 58.0 Å². The molecule has 1 saturated heterocycles. The lowest BCUT2D eigenvalue weighted by Crippen LogP contribution is -2.40. The summed E-state index contributed by atoms with van der Waals surface area (Å²) in [6.45, 7) is 7.48. The number of halogens is 1. The van der Waals surface area contributed by atoms with Gasteiger partial charge in [-0.05, 0) is 63.4 Å². The van der Waals surface area contributed by atoms with E-state index >= 15 is 0 Å². The van der Waals surface area contributed by atoms with Crippen LogP contribution in [-0.4, -0.2) is 36.8 Å². The van der Waals surface area contributed by atoms with Gasteiger partial charge in [0.15, 0.2) is 11.6 Å². The highest BCUT2D eigenvalue weighted by molar-refractivity contribution is 5.50. The first-order valence-corrected chi connectivity index (χ1v) is 9.19. The Kier molecular flexibility index (Phi) is 4.89. The molecular weight excluding hydrogens is 305 g/mol. The van der Waals surface area contributed by atoms with E-state index in [1.165, 1.54) is 32.4 Å². The first-order chi connectivity index (χ1) is 11.4. The Morgan fingerprint density at radius 1 is 1.21 bits per heavy atom. The topological polar surface area (TPSA) is 32.7 Å². The van der Waals surface area contributed by atoms with E-state index in [2.05, 4.69) is 18.7 Å². The van der Waals surface area contributed by atoms with Crippen LogP contribution in [0.4, 0.5) is 4.39 Å². The third-order valence-electron chi connectivity index (χ3n) is 6.03. The zero-order chi connectivity index (χ0) is 17.4. The number of rotatable bonds is 5. The number of hydrogen-bond acceptors (Lipinski definition) is 3. The molecule has 4 heteroatoms. The van der Waals surface area contributed by atoms with Crippen molar-refractivity contribution in [1.82, 2.24) is 4.90 Å². The molecule has 0 spiro atoms. The summed E-state index contributed by atoms with van der Waals surface area (Å²) < 4.78 is 19.5. The first kappa shape index (κ1) is 17.7. The standard InChI is InChI=1S/C20H30FNO2/c1-19(2)14-15-8-9-16(21)18(24-3)17(15)20(19,23)10-7-13-22-11-5-4-6-12-22/h8-9,23H,4-7,10-14H2,1-3H3. The molecule has 134 valence electrons. The maximum Gasteiger partial charge on any atom is 0.165 e. The van der Waals surface area contributed by atoms with Crippen molar-refractivity contribution in [3.05, 3.63) is 29.1 Å². The second kappa shape index (κ2) is 6.64. The Hall–Kier alpha value is -1.13. The van der Waals surface area contributed by atoms with Gasteiger partial charge in [0.25, 0.3) is 0 Å². The maximum atomic E-state index is 14.2. The molecule has 0 radical (unpaired) electrons. The van der Waals surface area contributed by atoms with E-state index in [1.54, 1.807) is 6.07 Å². The summed E-state index contributed by atoms with van der Waals surface area (Å²) in [7, 11) is 1.48. The third-order valence-corrected chi connectivity index (χ3v) is 6.03. The molecule has 3 nitrogen and oxygen atoms in total. The maximum absolute atomic E-state index is 14.2. The van der Waals surface area contributed by atoms with Crippen LogP contribution in [0, 0.1) is 11.2 Å². The molecule has 1 heterocycles. The van der Waals surface area contributed by atoms with Gasteiger partial charge < -0.3 is 14.7 Å². The van der Waals surface area contributed by atoms with E-state index in [1.807, 2.05) is 0 Å². The van der Waals surface area contributed by atoms with Crippen molar-refractivity contribution in [2.24, 2.45) is 5.41 Å². The molecular formula is C20H30FNO2. The summed E-state index contributed by atoms with van der Waals surface area (Å²) >= 11 is 0. The molecule has 1 aliphatic heterocycles. The molecule has 3 rings (SSSR count). The lowest BCUT2D eigenvalue weighted by Gasteiger charge is -2.39. The van der Waals surface area contributed by atoms with Gasteiger partial charge in [-0.1, -0.05) is 26.3 Å². The molecule has 1 aromatic rings. The molecule has 1 unspecified atom stereocenters. The number of nitrogens with zero attached hydrogens (tertiary/aromatic N) is 1. The van der Waals surface area contributed by atoms with Gasteiger partial charge in [-0.15, -0.1) is 0 Å². The monoisotopic (exact) mass is 335 g/mol. The number of ether oxygens (including phenoxy) is 1. The van der Waals surface area contributed by atoms with Gasteiger partial charge >= 0.3 is 0 Å². The Balaban J connectivity index is 1.81. The Morgan fingerprint density at radius 3 is 2.58 bits per heavy atom. The van der Waals surface area contributed by atoms with Crippen LogP contribution in [0.5, 0.6) is 5.75 Å². The normalized spacial score (nSPS) is 26.4. The summed E-state index contributed by atoms with van der Waals surface area (Å²) in [5, 5.41) is 11.6. The van der Waals surface area contributed by atoms with Crippen LogP contribution in [0.3, 0.4) is 0 Å². The summed E-state index contributed by atoms with van der Waals surface area (Å²) in [5.74, 6) is -0.165. The van der Waals surface area contributed by atoms with Gasteiger partial charge in [-0.25, -0.2) is 4.39 Å². The van der Waals surface area contributed by atoms with Crippen LogP contribution in [-0.2, 0) is 12.0 Å². The number of fused-ring (bicyclic) bond motifs is 1. The van der Waals surface area contributed by atoms with Crippen LogP contribution in [0.2, 0.25) is 0 Å². The molecule has 1 aliphatic carbocycles. The smallest absolute Gasteiger partial charge is 0.165 e. The van der Waals surface area contributed by atoms with E-state index in [9.17, 15) is 9.50 Å². The minimum atomic E-state index is -1.04. The van der Waals surface area contributed by atoms with Crippen LogP contribution < -0.4 is 4.74 Å². The summed E-state index contributed by atoms with van der Waals surface area (Å²) in [6, 6.07) is 3.25. The lowest BCUT2D eigenvalue weighted by atomic mass is 9.72. The van der Waals surface area contributed by atoms with Crippen LogP contribution >= 0.6 is 0 Å². The molecule has 24 heavy (non-hydrogen) atoms. The fourth-order valence-electron chi connectivity index (χ4n) is 4.56. The van der Waals surface area contributed by atoms with Gasteiger partial charge in [0, 0.05) is 11.0 Å². The fourth-order valence-corrected chi connectivity index (χ4v) is 4.56. The SMILES string of the molecule is COc1c(F)ccc2c1C(O)(CCCN1CCCCC1)C(C)(C)C2. The molecule has 1 atom stereocenters. The lowest BCUT2D eigenvalue weighted by molar-refractivity contribution is -0.0703. The minimum absolute atomic E-state index is 0.221. The van der Waals surface area contributed by atoms with Crippen LogP contribution in [0.1, 0.15) is 57.1 Å². The minimum Gasteiger partial charge on any atom is -0.493 e. The van der Waals surface area contributed by atoms with Crippen molar-refractivity contribution >= 4 is 0 Å². The number of piperidine rings is 1. The number of likely N-dealkylation sites (tertiary alicyclic amines) is 1. The highest BCUT2D eigenvalue weighted by atomic mass is 19.1. The molecule has 2 aliphatic rings. The van der Waals surface area contributed by atoms with Gasteiger partial charge in [-0.3, -0.25) is 0 Å². The van der Waals surface area contributed by atoms with Crippen molar-refractivity contribution in [3.8, 4) is 5.75 Å². The predicted octanol–water partition coefficient (Wildman–Crippen LogP) is 3.87. The average Bonchev–Trinajstić information content (AvgIpc) is 2.76. The summed E-state index contributed by atoms with van der Waals surface area (Å²) in [6.07, 6.45) is 6.19. The predicted molar refractivity (Wildman–Crippen MR) is 93.9 cm³/mol. The van der Waals surface area contributed by atoms with E-state index in [-0.39, 0.29) is 17.0 Å². The highest BCUT2D eigenvalue weighted by Gasteiger charge is 2.52. The van der Waals surface area contributed by atoms with Crippen molar-refractivity contribution in [2.75, 3.05) is 26.7 Å². The molecule has 0 amide bonds. The molecule has 1 N–H and O–H groups in total. The molecule has 0 saturated carbocycles. The van der Waals surface area contributed by atoms with Crippen LogP contribution in [0.25, 0.3) is 0 Å². The van der Waals surface area contributed by atoms with Gasteiger partial charge in [0.1, 0.15) is 0 Å². The largest absolute Gasteiger partial charge is 0.493 e. The van der Waals surface area contributed by atoms with E-state index < -0.39 is 5.60 Å². The Morgan fingerprint density at radius 2 is 1.92 bits per heavy atom. The zero-order valence-corrected chi connectivity index (χ0v) is 15.2. The van der Waals surface area contributed by atoms with Gasteiger partial charge in [-0.2, -0.15) is 0 Å². The summed E-state index contributed by atoms with van der Waals surface area (Å²) in [5.41, 5.74) is 0.330. The van der Waals surface area contributed by atoms with Crippen molar-refractivity contribution in [1.29, 1.82) is 0 Å². The van der Waals surface area contributed by atoms with Gasteiger partial charge in [0.05, 0.1) is 12.7 Å². The fraction of sp³-hybridized carbons (Fsp3) is 0.700. The average molecular weight is 335 g/mol. The second-order valence-corrected chi connectivity index (χ2v) is 8.04. The van der Waals surface area contributed by atoms with Crippen molar-refractivity contribution in [3.63, 3.8) is 0 Å². The first-order valence-electron chi connectivity index (χ1n) is 9.19. The highest BCUT2D eigenvalue weighted by Crippen LogP contribution is 2.55. The van der Waals surface area contributed by atoms with Crippen LogP contribution in [0.15, 0.2) is 12.1 Å². The number of aliphatic hydroxyl groups is 1. The summed E-state index contributed by atoms with van der Waals surface area (Å²) in [4.78, 5) is 2.48. The Bertz CT molecular complexity index is 596. The van der Waals surface area contributed by atoms with Crippen molar-refractivity contribution < 1.29 is 14.2 Å². The number of benzene rings is 1. The molecule has 0 bridgehead atoms. The third kappa shape index (κ3) is 2.95. The molecule has 1 aromatic carbocycles. The van der Waals surface area contributed by atoms with E-state index in [0.717, 1.165) is 38.0 Å². The van der Waals surface area contributed by atoms with Gasteiger partial charge in [0.2, 0.25) is 0 Å². The molecule has 1 fully saturated rings. The number of hydrogen-bond donors (Lipinski definition) is 1. The Labute approximate surface area is 144 Å².